The minimum absolute atomic E-state index is 0.0125. The Kier molecular flexibility index (Phi) is 6.06. The standard InChI is InChI=1S/C15H17ClN4O3S3/c1-10-11(16)3-2-4-12(10)26(22,23)19-15-18-17-13(25-15)9-14(21)20-5-7-24-8-6-20/h2-4H,5-9H2,1H3,(H,18,19). The predicted octanol–water partition coefficient (Wildman–Crippen LogP) is 2.42. The molecule has 1 fully saturated rings. The summed E-state index contributed by atoms with van der Waals surface area (Å²) < 4.78 is 27.5. The Hall–Kier alpha value is -1.36. The van der Waals surface area contributed by atoms with E-state index in [1.54, 1.807) is 24.0 Å². The molecular formula is C15H17ClN4O3S3. The number of hydrogen-bond donors (Lipinski definition) is 1. The zero-order valence-electron chi connectivity index (χ0n) is 13.9. The van der Waals surface area contributed by atoms with Crippen molar-refractivity contribution >= 4 is 55.8 Å². The third-order valence-corrected chi connectivity index (χ3v) is 7.67. The van der Waals surface area contributed by atoms with Gasteiger partial charge in [-0.3, -0.25) is 9.52 Å². The van der Waals surface area contributed by atoms with Gasteiger partial charge in [0.15, 0.2) is 0 Å². The van der Waals surface area contributed by atoms with Gasteiger partial charge in [-0.1, -0.05) is 29.0 Å². The molecule has 2 aromatic rings. The molecule has 0 aliphatic carbocycles. The molecular weight excluding hydrogens is 416 g/mol. The summed E-state index contributed by atoms with van der Waals surface area (Å²) in [5.41, 5.74) is 0.463. The Labute approximate surface area is 165 Å². The third-order valence-electron chi connectivity index (χ3n) is 3.86. The van der Waals surface area contributed by atoms with Gasteiger partial charge in [0.05, 0.1) is 11.3 Å². The fraction of sp³-hybridized carbons (Fsp3) is 0.400. The van der Waals surface area contributed by atoms with Crippen molar-refractivity contribution in [3.8, 4) is 0 Å². The molecule has 7 nitrogen and oxygen atoms in total. The van der Waals surface area contributed by atoms with E-state index in [-0.39, 0.29) is 22.4 Å². The maximum absolute atomic E-state index is 12.5. The first-order chi connectivity index (χ1) is 12.4. The summed E-state index contributed by atoms with van der Waals surface area (Å²) in [5.74, 6) is 1.86. The van der Waals surface area contributed by atoms with Crippen molar-refractivity contribution < 1.29 is 13.2 Å². The Morgan fingerprint density at radius 3 is 2.77 bits per heavy atom. The van der Waals surface area contributed by atoms with Crippen LogP contribution in [0, 0.1) is 6.92 Å². The molecule has 11 heteroatoms. The van der Waals surface area contributed by atoms with Crippen LogP contribution in [0.5, 0.6) is 0 Å². The first kappa shape index (κ1) is 19.4. The molecule has 0 unspecified atom stereocenters. The van der Waals surface area contributed by atoms with Crippen LogP contribution in [0.2, 0.25) is 5.02 Å². The second-order valence-electron chi connectivity index (χ2n) is 5.64. The number of nitrogens with one attached hydrogen (secondary N) is 1. The van der Waals surface area contributed by atoms with Crippen LogP contribution in [-0.2, 0) is 21.2 Å². The van der Waals surface area contributed by atoms with Crippen LogP contribution in [0.25, 0.3) is 0 Å². The summed E-state index contributed by atoms with van der Waals surface area (Å²) in [7, 11) is -3.83. The number of aromatic nitrogens is 2. The van der Waals surface area contributed by atoms with E-state index in [1.807, 2.05) is 11.8 Å². The summed E-state index contributed by atoms with van der Waals surface area (Å²) >= 11 is 8.88. The maximum Gasteiger partial charge on any atom is 0.264 e. The van der Waals surface area contributed by atoms with Crippen molar-refractivity contribution in [3.63, 3.8) is 0 Å². The van der Waals surface area contributed by atoms with Gasteiger partial charge < -0.3 is 4.90 Å². The minimum Gasteiger partial charge on any atom is -0.341 e. The van der Waals surface area contributed by atoms with Gasteiger partial charge in [-0.15, -0.1) is 10.2 Å². The summed E-state index contributed by atoms with van der Waals surface area (Å²) in [5, 5.41) is 8.76. The summed E-state index contributed by atoms with van der Waals surface area (Å²) in [6.07, 6.45) is 0.125. The number of thioether (sulfide) groups is 1. The highest BCUT2D eigenvalue weighted by atomic mass is 35.5. The number of carbonyl (C=O) groups excluding carboxylic acids is 1. The number of nitrogens with zero attached hydrogens (tertiary/aromatic N) is 3. The van der Waals surface area contributed by atoms with E-state index >= 15 is 0 Å². The van der Waals surface area contributed by atoms with Gasteiger partial charge in [0.25, 0.3) is 10.0 Å². The molecule has 3 rings (SSSR count). The lowest BCUT2D eigenvalue weighted by molar-refractivity contribution is -0.130. The first-order valence-electron chi connectivity index (χ1n) is 7.82. The highest BCUT2D eigenvalue weighted by Crippen LogP contribution is 2.26. The molecule has 1 N–H and O–H groups in total. The van der Waals surface area contributed by atoms with Crippen LogP contribution in [0.15, 0.2) is 23.1 Å². The van der Waals surface area contributed by atoms with Gasteiger partial charge in [0, 0.05) is 29.6 Å². The van der Waals surface area contributed by atoms with Crippen LogP contribution >= 0.6 is 34.7 Å². The van der Waals surface area contributed by atoms with Gasteiger partial charge in [-0.2, -0.15) is 11.8 Å². The van der Waals surface area contributed by atoms with Gasteiger partial charge in [0.2, 0.25) is 11.0 Å². The van der Waals surface area contributed by atoms with E-state index in [1.165, 1.54) is 6.07 Å². The fourth-order valence-electron chi connectivity index (χ4n) is 2.47. The maximum atomic E-state index is 12.5. The number of benzene rings is 1. The van der Waals surface area contributed by atoms with Crippen molar-refractivity contribution in [3.05, 3.63) is 33.8 Å². The molecule has 2 heterocycles. The molecule has 1 aliphatic heterocycles. The highest BCUT2D eigenvalue weighted by Gasteiger charge is 2.22. The van der Waals surface area contributed by atoms with Crippen LogP contribution in [0.4, 0.5) is 5.13 Å². The highest BCUT2D eigenvalue weighted by molar-refractivity contribution is 7.99. The van der Waals surface area contributed by atoms with Crippen LogP contribution in [0.3, 0.4) is 0 Å². The topological polar surface area (TPSA) is 92.3 Å². The largest absolute Gasteiger partial charge is 0.341 e. The van der Waals surface area contributed by atoms with Crippen LogP contribution in [0.1, 0.15) is 10.6 Å². The van der Waals surface area contributed by atoms with Gasteiger partial charge in [0.1, 0.15) is 5.01 Å². The smallest absolute Gasteiger partial charge is 0.264 e. The lowest BCUT2D eigenvalue weighted by Gasteiger charge is -2.25. The molecule has 26 heavy (non-hydrogen) atoms. The summed E-state index contributed by atoms with van der Waals surface area (Å²) in [6.45, 7) is 3.10. The number of rotatable bonds is 5. The summed E-state index contributed by atoms with van der Waals surface area (Å²) in [6, 6.07) is 4.68. The second kappa shape index (κ2) is 8.12. The van der Waals surface area contributed by atoms with Gasteiger partial charge in [-0.05, 0) is 24.6 Å². The molecule has 1 saturated heterocycles. The monoisotopic (exact) mass is 432 g/mol. The van der Waals surface area contributed by atoms with Crippen LogP contribution in [-0.4, -0.2) is 54.0 Å². The molecule has 1 aliphatic rings. The fourth-order valence-corrected chi connectivity index (χ4v) is 5.83. The molecule has 140 valence electrons. The molecule has 0 bridgehead atoms. The van der Waals surface area contributed by atoms with Crippen molar-refractivity contribution in [2.45, 2.75) is 18.2 Å². The lowest BCUT2D eigenvalue weighted by atomic mass is 10.2. The van der Waals surface area contributed by atoms with E-state index in [0.29, 0.717) is 15.6 Å². The van der Waals surface area contributed by atoms with E-state index < -0.39 is 10.0 Å². The second-order valence-corrected chi connectivity index (χ2v) is 9.98. The SMILES string of the molecule is Cc1c(Cl)cccc1S(=O)(=O)Nc1nnc(CC(=O)N2CCSCC2)s1. The zero-order valence-corrected chi connectivity index (χ0v) is 17.1. The number of anilines is 1. The van der Waals surface area contributed by atoms with Crippen LogP contribution < -0.4 is 4.72 Å². The molecule has 0 spiro atoms. The van der Waals surface area contributed by atoms with E-state index in [4.69, 9.17) is 11.6 Å². The normalized spacial score (nSPS) is 15.1. The molecule has 1 amide bonds. The number of halogens is 1. The van der Waals surface area contributed by atoms with E-state index in [0.717, 1.165) is 35.9 Å². The average molecular weight is 433 g/mol. The minimum atomic E-state index is -3.83. The number of hydrogen-bond acceptors (Lipinski definition) is 7. The number of sulfonamides is 1. The first-order valence-corrected chi connectivity index (χ1v) is 11.7. The average Bonchev–Trinajstić information content (AvgIpc) is 3.04. The molecule has 0 atom stereocenters. The molecule has 1 aromatic carbocycles. The third kappa shape index (κ3) is 4.48. The molecule has 1 aromatic heterocycles. The number of amides is 1. The Morgan fingerprint density at radius 1 is 1.31 bits per heavy atom. The quantitative estimate of drug-likeness (QED) is 0.779. The molecule has 0 radical (unpaired) electrons. The Bertz CT molecular complexity index is 911. The van der Waals surface area contributed by atoms with E-state index in [2.05, 4.69) is 14.9 Å². The van der Waals surface area contributed by atoms with Crippen molar-refractivity contribution in [1.29, 1.82) is 0 Å². The van der Waals surface area contributed by atoms with Crippen molar-refractivity contribution in [2.24, 2.45) is 0 Å². The lowest BCUT2D eigenvalue weighted by Crippen LogP contribution is -2.38. The van der Waals surface area contributed by atoms with E-state index in [9.17, 15) is 13.2 Å². The van der Waals surface area contributed by atoms with Crippen molar-refractivity contribution in [2.75, 3.05) is 29.3 Å². The van der Waals surface area contributed by atoms with Gasteiger partial charge in [-0.25, -0.2) is 8.42 Å². The number of carbonyl (C=O) groups is 1. The predicted molar refractivity (Wildman–Crippen MR) is 105 cm³/mol. The van der Waals surface area contributed by atoms with Gasteiger partial charge >= 0.3 is 0 Å². The summed E-state index contributed by atoms with van der Waals surface area (Å²) in [4.78, 5) is 14.2. The van der Waals surface area contributed by atoms with Crippen molar-refractivity contribution in [1.82, 2.24) is 15.1 Å². The Morgan fingerprint density at radius 2 is 2.04 bits per heavy atom. The zero-order chi connectivity index (χ0) is 18.7. The Balaban J connectivity index is 1.69. The molecule has 0 saturated carbocycles.